The Morgan fingerprint density at radius 2 is 1.83 bits per heavy atom. The van der Waals surface area contributed by atoms with E-state index in [0.29, 0.717) is 5.56 Å². The van der Waals surface area contributed by atoms with Gasteiger partial charge < -0.3 is 10.1 Å². The lowest BCUT2D eigenvalue weighted by Crippen LogP contribution is -2.30. The standard InChI is InChI=1S/C20H20N2O6S/c1-13(20(25)21-15-4-3-5-16(12-15)22(26)27)28-19(24)11-10-18(23)14-6-8-17(29-2)9-7-14/h3-9,12-13H,10-11H2,1-2H3,(H,21,25). The molecule has 0 aromatic heterocycles. The number of ketones is 1. The molecule has 2 rings (SSSR count). The number of esters is 1. The Bertz CT molecular complexity index is 913. The third-order valence-corrected chi connectivity index (χ3v) is 4.71. The number of nitro groups is 1. The zero-order valence-electron chi connectivity index (χ0n) is 15.9. The second-order valence-electron chi connectivity index (χ2n) is 6.08. The molecular weight excluding hydrogens is 396 g/mol. The number of hydrogen-bond acceptors (Lipinski definition) is 7. The largest absolute Gasteiger partial charge is 0.453 e. The summed E-state index contributed by atoms with van der Waals surface area (Å²) >= 11 is 1.56. The molecule has 9 heteroatoms. The molecular formula is C20H20N2O6S. The fraction of sp³-hybridized carbons (Fsp3) is 0.250. The first-order chi connectivity index (χ1) is 13.8. The van der Waals surface area contributed by atoms with Crippen molar-refractivity contribution < 1.29 is 24.0 Å². The van der Waals surface area contributed by atoms with Crippen LogP contribution < -0.4 is 5.32 Å². The van der Waals surface area contributed by atoms with Gasteiger partial charge in [-0.05, 0) is 31.4 Å². The molecule has 0 aliphatic rings. The van der Waals surface area contributed by atoms with Crippen molar-refractivity contribution in [3.05, 3.63) is 64.2 Å². The van der Waals surface area contributed by atoms with Crippen molar-refractivity contribution in [2.75, 3.05) is 11.6 Å². The van der Waals surface area contributed by atoms with Crippen molar-refractivity contribution >= 4 is 40.8 Å². The number of nitrogens with one attached hydrogen (secondary N) is 1. The molecule has 0 fully saturated rings. The van der Waals surface area contributed by atoms with Gasteiger partial charge in [0.15, 0.2) is 11.9 Å². The van der Waals surface area contributed by atoms with Gasteiger partial charge in [-0.15, -0.1) is 11.8 Å². The van der Waals surface area contributed by atoms with E-state index in [9.17, 15) is 24.5 Å². The number of benzene rings is 2. The molecule has 1 N–H and O–H groups in total. The maximum atomic E-state index is 12.1. The minimum atomic E-state index is -1.11. The molecule has 1 atom stereocenters. The molecule has 1 amide bonds. The highest BCUT2D eigenvalue weighted by molar-refractivity contribution is 7.98. The molecule has 1 unspecified atom stereocenters. The second-order valence-corrected chi connectivity index (χ2v) is 6.96. The van der Waals surface area contributed by atoms with Crippen molar-refractivity contribution in [3.63, 3.8) is 0 Å². The Morgan fingerprint density at radius 3 is 2.45 bits per heavy atom. The van der Waals surface area contributed by atoms with Crippen LogP contribution in [0, 0.1) is 10.1 Å². The molecule has 152 valence electrons. The zero-order chi connectivity index (χ0) is 21.4. The molecule has 2 aromatic carbocycles. The van der Waals surface area contributed by atoms with Gasteiger partial charge in [-0.1, -0.05) is 18.2 Å². The summed E-state index contributed by atoms with van der Waals surface area (Å²) in [4.78, 5) is 47.4. The van der Waals surface area contributed by atoms with E-state index >= 15 is 0 Å². The van der Waals surface area contributed by atoms with Crippen molar-refractivity contribution in [1.82, 2.24) is 0 Å². The fourth-order valence-corrected chi connectivity index (χ4v) is 2.80. The summed E-state index contributed by atoms with van der Waals surface area (Å²) in [7, 11) is 0. The Balaban J connectivity index is 1.83. The molecule has 0 spiro atoms. The normalized spacial score (nSPS) is 11.4. The highest BCUT2D eigenvalue weighted by Crippen LogP contribution is 2.18. The van der Waals surface area contributed by atoms with Crippen molar-refractivity contribution in [2.24, 2.45) is 0 Å². The maximum Gasteiger partial charge on any atom is 0.307 e. The average molecular weight is 416 g/mol. The number of nitrogens with zero attached hydrogens (tertiary/aromatic N) is 1. The van der Waals surface area contributed by atoms with Crippen molar-refractivity contribution in [3.8, 4) is 0 Å². The van der Waals surface area contributed by atoms with Gasteiger partial charge in [0, 0.05) is 34.7 Å². The van der Waals surface area contributed by atoms with Crippen LogP contribution in [-0.4, -0.2) is 34.9 Å². The lowest BCUT2D eigenvalue weighted by Gasteiger charge is -2.13. The predicted octanol–water partition coefficient (Wildman–Crippen LogP) is 3.85. The summed E-state index contributed by atoms with van der Waals surface area (Å²) in [5.74, 6) is -1.50. The second kappa shape index (κ2) is 10.4. The summed E-state index contributed by atoms with van der Waals surface area (Å²) in [6.07, 6.45) is 0.634. The third-order valence-electron chi connectivity index (χ3n) is 3.97. The minimum Gasteiger partial charge on any atom is -0.453 e. The highest BCUT2D eigenvalue weighted by Gasteiger charge is 2.19. The van der Waals surface area contributed by atoms with E-state index < -0.39 is 22.9 Å². The van der Waals surface area contributed by atoms with Crippen molar-refractivity contribution in [1.29, 1.82) is 0 Å². The monoisotopic (exact) mass is 416 g/mol. The van der Waals surface area contributed by atoms with Gasteiger partial charge in [0.25, 0.3) is 11.6 Å². The smallest absolute Gasteiger partial charge is 0.307 e. The van der Waals surface area contributed by atoms with E-state index in [0.717, 1.165) is 4.90 Å². The molecule has 0 aliphatic heterocycles. The van der Waals surface area contributed by atoms with Crippen molar-refractivity contribution in [2.45, 2.75) is 30.8 Å². The van der Waals surface area contributed by atoms with E-state index in [4.69, 9.17) is 4.74 Å². The van der Waals surface area contributed by atoms with Crippen LogP contribution in [0.5, 0.6) is 0 Å². The Hall–Kier alpha value is -3.20. The van der Waals surface area contributed by atoms with Gasteiger partial charge in [-0.25, -0.2) is 0 Å². The van der Waals surface area contributed by atoms with Crippen LogP contribution in [-0.2, 0) is 14.3 Å². The molecule has 8 nitrogen and oxygen atoms in total. The van der Waals surface area contributed by atoms with Gasteiger partial charge in [-0.3, -0.25) is 24.5 Å². The summed E-state index contributed by atoms with van der Waals surface area (Å²) in [6.45, 7) is 1.38. The number of anilines is 1. The van der Waals surface area contributed by atoms with Gasteiger partial charge >= 0.3 is 5.97 Å². The number of carbonyl (C=O) groups is 3. The van der Waals surface area contributed by atoms with Crippen LogP contribution >= 0.6 is 11.8 Å². The SMILES string of the molecule is CSc1ccc(C(=O)CCC(=O)OC(C)C(=O)Nc2cccc([N+](=O)[O-])c2)cc1. The predicted molar refractivity (Wildman–Crippen MR) is 109 cm³/mol. The number of ether oxygens (including phenoxy) is 1. The minimum absolute atomic E-state index is 0.0311. The van der Waals surface area contributed by atoms with Crippen LogP contribution in [0.15, 0.2) is 53.4 Å². The van der Waals surface area contributed by atoms with Crippen LogP contribution in [0.2, 0.25) is 0 Å². The molecule has 29 heavy (non-hydrogen) atoms. The Kier molecular flexibility index (Phi) is 7.90. The van der Waals surface area contributed by atoms with E-state index in [1.807, 2.05) is 18.4 Å². The first-order valence-corrected chi connectivity index (χ1v) is 9.94. The number of rotatable bonds is 9. The lowest BCUT2D eigenvalue weighted by atomic mass is 10.1. The molecule has 0 aliphatic carbocycles. The number of thioether (sulfide) groups is 1. The van der Waals surface area contributed by atoms with E-state index in [1.54, 1.807) is 23.9 Å². The van der Waals surface area contributed by atoms with Gasteiger partial charge in [0.05, 0.1) is 11.3 Å². The third kappa shape index (κ3) is 6.72. The van der Waals surface area contributed by atoms with E-state index in [-0.39, 0.29) is 30.0 Å². The number of nitro benzene ring substituents is 1. The summed E-state index contributed by atoms with van der Waals surface area (Å²) in [6, 6.07) is 12.5. The Morgan fingerprint density at radius 1 is 1.14 bits per heavy atom. The topological polar surface area (TPSA) is 116 Å². The number of non-ortho nitro benzene ring substituents is 1. The summed E-state index contributed by atoms with van der Waals surface area (Å²) < 4.78 is 5.04. The molecule has 0 heterocycles. The maximum absolute atomic E-state index is 12.1. The molecule has 0 saturated heterocycles. The van der Waals surface area contributed by atoms with Gasteiger partial charge in [0.2, 0.25) is 0 Å². The van der Waals surface area contributed by atoms with Gasteiger partial charge in [0.1, 0.15) is 0 Å². The Labute approximate surface area is 171 Å². The highest BCUT2D eigenvalue weighted by atomic mass is 32.2. The molecule has 0 bridgehead atoms. The zero-order valence-corrected chi connectivity index (χ0v) is 16.7. The summed E-state index contributed by atoms with van der Waals surface area (Å²) in [5, 5.41) is 13.2. The molecule has 0 saturated carbocycles. The van der Waals surface area contributed by atoms with Gasteiger partial charge in [-0.2, -0.15) is 0 Å². The average Bonchev–Trinajstić information content (AvgIpc) is 2.72. The van der Waals surface area contributed by atoms with Crippen LogP contribution in [0.3, 0.4) is 0 Å². The van der Waals surface area contributed by atoms with Crippen LogP contribution in [0.1, 0.15) is 30.1 Å². The quantitative estimate of drug-likeness (QED) is 0.217. The molecule has 0 radical (unpaired) electrons. The van der Waals surface area contributed by atoms with Crippen LogP contribution in [0.25, 0.3) is 0 Å². The van der Waals surface area contributed by atoms with E-state index in [2.05, 4.69) is 5.32 Å². The fourth-order valence-electron chi connectivity index (χ4n) is 2.39. The summed E-state index contributed by atoms with van der Waals surface area (Å²) in [5.41, 5.74) is 0.555. The number of Topliss-reactive ketones (excluding diaryl/α,β-unsaturated/α-hetero) is 1. The molecule has 2 aromatic rings. The lowest BCUT2D eigenvalue weighted by molar-refractivity contribution is -0.384. The first-order valence-electron chi connectivity index (χ1n) is 8.72. The number of hydrogen-bond donors (Lipinski definition) is 1. The van der Waals surface area contributed by atoms with E-state index in [1.165, 1.54) is 31.2 Å². The number of carbonyl (C=O) groups excluding carboxylic acids is 3. The first kappa shape index (κ1) is 22.1. The number of amides is 1. The van der Waals surface area contributed by atoms with Crippen LogP contribution in [0.4, 0.5) is 11.4 Å².